The average molecular weight is 300 g/mol. The van der Waals surface area contributed by atoms with Crippen LogP contribution in [0.2, 0.25) is 0 Å². The topological polar surface area (TPSA) is 55.1 Å². The fraction of sp³-hybridized carbons (Fsp3) is 0. The molecular formula is C5H4Br2N2OS. The predicted octanol–water partition coefficient (Wildman–Crippen LogP) is 1.88. The molecule has 1 aromatic rings. The molecule has 1 rings (SSSR count). The number of amides is 1. The lowest BCUT2D eigenvalue weighted by Gasteiger charge is -1.90. The van der Waals surface area contributed by atoms with Crippen LogP contribution in [0.3, 0.4) is 0 Å². The number of carbonyl (C=O) groups is 1. The van der Waals surface area contributed by atoms with E-state index in [1.54, 1.807) is 6.07 Å². The Hall–Kier alpha value is 0.0900. The van der Waals surface area contributed by atoms with Gasteiger partial charge in [0.25, 0.3) is 5.91 Å². The maximum atomic E-state index is 10.9. The maximum Gasteiger partial charge on any atom is 0.275 e. The van der Waals surface area contributed by atoms with Gasteiger partial charge in [-0.3, -0.25) is 10.2 Å². The second kappa shape index (κ2) is 3.66. The third-order valence-corrected chi connectivity index (χ3v) is 4.26. The zero-order valence-electron chi connectivity index (χ0n) is 5.23. The van der Waals surface area contributed by atoms with Crippen LogP contribution < -0.4 is 11.3 Å². The highest BCUT2D eigenvalue weighted by atomic mass is 79.9. The zero-order chi connectivity index (χ0) is 8.43. The van der Waals surface area contributed by atoms with Gasteiger partial charge in [0.2, 0.25) is 0 Å². The second-order valence-electron chi connectivity index (χ2n) is 1.71. The first kappa shape index (κ1) is 9.18. The van der Waals surface area contributed by atoms with E-state index in [2.05, 4.69) is 37.3 Å². The van der Waals surface area contributed by atoms with Crippen molar-refractivity contribution in [1.82, 2.24) is 5.43 Å². The van der Waals surface area contributed by atoms with Crippen LogP contribution in [0.4, 0.5) is 0 Å². The molecule has 0 unspecified atom stereocenters. The molecule has 1 aromatic heterocycles. The Bertz CT molecular complexity index is 267. The van der Waals surface area contributed by atoms with Crippen LogP contribution in [0.15, 0.2) is 14.3 Å². The van der Waals surface area contributed by atoms with Crippen LogP contribution in [0.5, 0.6) is 0 Å². The average Bonchev–Trinajstić information content (AvgIpc) is 2.31. The first-order chi connectivity index (χ1) is 5.15. The van der Waals surface area contributed by atoms with Crippen LogP contribution >= 0.6 is 43.2 Å². The highest BCUT2D eigenvalue weighted by Crippen LogP contribution is 2.31. The van der Waals surface area contributed by atoms with Crippen molar-refractivity contribution >= 4 is 49.1 Å². The lowest BCUT2D eigenvalue weighted by atomic mass is 10.4. The van der Waals surface area contributed by atoms with Gasteiger partial charge in [0.1, 0.15) is 0 Å². The number of rotatable bonds is 1. The molecule has 0 aliphatic rings. The monoisotopic (exact) mass is 298 g/mol. The number of halogens is 2. The first-order valence-electron chi connectivity index (χ1n) is 2.61. The SMILES string of the molecule is NNC(=O)c1cc(Br)c(Br)s1. The molecular weight excluding hydrogens is 296 g/mol. The Morgan fingerprint density at radius 1 is 1.64 bits per heavy atom. The van der Waals surface area contributed by atoms with Crippen LogP contribution in [0.1, 0.15) is 9.67 Å². The summed E-state index contributed by atoms with van der Waals surface area (Å²) < 4.78 is 1.75. The van der Waals surface area contributed by atoms with Gasteiger partial charge in [-0.2, -0.15) is 0 Å². The summed E-state index contributed by atoms with van der Waals surface area (Å²) in [5.74, 6) is 4.66. The molecule has 1 amide bonds. The fourth-order valence-corrected chi connectivity index (χ4v) is 2.47. The Morgan fingerprint density at radius 3 is 2.64 bits per heavy atom. The quantitative estimate of drug-likeness (QED) is 0.473. The summed E-state index contributed by atoms with van der Waals surface area (Å²) in [5.41, 5.74) is 2.05. The van der Waals surface area contributed by atoms with E-state index in [0.717, 1.165) is 8.26 Å². The van der Waals surface area contributed by atoms with Crippen molar-refractivity contribution in [3.8, 4) is 0 Å². The third-order valence-electron chi connectivity index (χ3n) is 1.00. The Labute approximate surface area is 84.2 Å². The Morgan fingerprint density at radius 2 is 2.27 bits per heavy atom. The molecule has 60 valence electrons. The Kier molecular flexibility index (Phi) is 3.06. The maximum absolute atomic E-state index is 10.9. The van der Waals surface area contributed by atoms with Crippen molar-refractivity contribution in [2.75, 3.05) is 0 Å². The van der Waals surface area contributed by atoms with Crippen LogP contribution in [0.25, 0.3) is 0 Å². The number of hydrogen-bond donors (Lipinski definition) is 2. The van der Waals surface area contributed by atoms with E-state index >= 15 is 0 Å². The van der Waals surface area contributed by atoms with Crippen LogP contribution in [0, 0.1) is 0 Å². The van der Waals surface area contributed by atoms with Crippen LogP contribution in [-0.2, 0) is 0 Å². The summed E-state index contributed by atoms with van der Waals surface area (Å²) in [6.45, 7) is 0. The molecule has 0 spiro atoms. The van der Waals surface area contributed by atoms with Crippen molar-refractivity contribution < 1.29 is 4.79 Å². The van der Waals surface area contributed by atoms with Gasteiger partial charge < -0.3 is 0 Å². The summed E-state index contributed by atoms with van der Waals surface area (Å²) >= 11 is 7.85. The number of hydrazine groups is 1. The highest BCUT2D eigenvalue weighted by Gasteiger charge is 2.09. The van der Waals surface area contributed by atoms with Crippen LogP contribution in [-0.4, -0.2) is 5.91 Å². The summed E-state index contributed by atoms with van der Waals surface area (Å²) in [6.07, 6.45) is 0. The van der Waals surface area contributed by atoms with E-state index in [4.69, 9.17) is 5.84 Å². The third kappa shape index (κ3) is 2.02. The predicted molar refractivity (Wildman–Crippen MR) is 51.4 cm³/mol. The molecule has 0 radical (unpaired) electrons. The molecule has 0 atom stereocenters. The number of thiophene rings is 1. The normalized spacial score (nSPS) is 9.73. The molecule has 0 aromatic carbocycles. The Balaban J connectivity index is 2.97. The van der Waals surface area contributed by atoms with Crippen molar-refractivity contribution in [3.05, 3.63) is 19.2 Å². The summed E-state index contributed by atoms with van der Waals surface area (Å²) in [4.78, 5) is 11.5. The second-order valence-corrected chi connectivity index (χ2v) is 4.93. The van der Waals surface area contributed by atoms with E-state index in [0.29, 0.717) is 4.88 Å². The molecule has 0 saturated heterocycles. The summed E-state index contributed by atoms with van der Waals surface area (Å²) in [7, 11) is 0. The summed E-state index contributed by atoms with van der Waals surface area (Å²) in [5, 5.41) is 0. The largest absolute Gasteiger partial charge is 0.289 e. The van der Waals surface area contributed by atoms with Crippen molar-refractivity contribution in [3.63, 3.8) is 0 Å². The zero-order valence-corrected chi connectivity index (χ0v) is 9.22. The smallest absolute Gasteiger partial charge is 0.275 e. The minimum Gasteiger partial charge on any atom is -0.289 e. The first-order valence-corrected chi connectivity index (χ1v) is 5.01. The van der Waals surface area contributed by atoms with Gasteiger partial charge in [0.15, 0.2) is 0 Å². The standard InChI is InChI=1S/C5H4Br2N2OS/c6-2-1-3(5(10)9-8)11-4(2)7/h1H,8H2,(H,9,10). The van der Waals surface area contributed by atoms with Gasteiger partial charge >= 0.3 is 0 Å². The van der Waals surface area contributed by atoms with Gasteiger partial charge in [0, 0.05) is 4.47 Å². The number of nitrogens with two attached hydrogens (primary N) is 1. The van der Waals surface area contributed by atoms with E-state index in [-0.39, 0.29) is 5.91 Å². The molecule has 0 aliphatic heterocycles. The molecule has 3 nitrogen and oxygen atoms in total. The number of nitrogens with one attached hydrogen (secondary N) is 1. The fourth-order valence-electron chi connectivity index (χ4n) is 0.530. The van der Waals surface area contributed by atoms with E-state index < -0.39 is 0 Å². The molecule has 0 saturated carbocycles. The van der Waals surface area contributed by atoms with Crippen molar-refractivity contribution in [2.24, 2.45) is 5.84 Å². The van der Waals surface area contributed by atoms with E-state index in [9.17, 15) is 4.79 Å². The number of carbonyl (C=O) groups excluding carboxylic acids is 1. The molecule has 0 bridgehead atoms. The molecule has 6 heteroatoms. The lowest BCUT2D eigenvalue weighted by Crippen LogP contribution is -2.29. The molecule has 1 heterocycles. The molecule has 0 aliphatic carbocycles. The molecule has 11 heavy (non-hydrogen) atoms. The van der Waals surface area contributed by atoms with Gasteiger partial charge in [-0.1, -0.05) is 0 Å². The highest BCUT2D eigenvalue weighted by molar-refractivity contribution is 9.13. The van der Waals surface area contributed by atoms with Crippen molar-refractivity contribution in [1.29, 1.82) is 0 Å². The minimum absolute atomic E-state index is 0.276. The van der Waals surface area contributed by atoms with E-state index in [1.165, 1.54) is 11.3 Å². The van der Waals surface area contributed by atoms with Gasteiger partial charge in [0.05, 0.1) is 8.66 Å². The van der Waals surface area contributed by atoms with E-state index in [1.807, 2.05) is 0 Å². The summed E-state index contributed by atoms with van der Waals surface area (Å²) in [6, 6.07) is 1.71. The number of nitrogen functional groups attached to an aromatic ring is 1. The van der Waals surface area contributed by atoms with Crippen molar-refractivity contribution in [2.45, 2.75) is 0 Å². The molecule has 3 N–H and O–H groups in total. The minimum atomic E-state index is -0.276. The molecule has 0 fully saturated rings. The van der Waals surface area contributed by atoms with Gasteiger partial charge in [-0.25, -0.2) is 5.84 Å². The van der Waals surface area contributed by atoms with Gasteiger partial charge in [-0.15, -0.1) is 11.3 Å². The van der Waals surface area contributed by atoms with Gasteiger partial charge in [-0.05, 0) is 37.9 Å². The lowest BCUT2D eigenvalue weighted by molar-refractivity contribution is 0.0957. The number of hydrogen-bond acceptors (Lipinski definition) is 3.